The maximum atomic E-state index is 12.6. The van der Waals surface area contributed by atoms with Gasteiger partial charge in [0.15, 0.2) is 5.82 Å². The van der Waals surface area contributed by atoms with Crippen LogP contribution in [0.25, 0.3) is 45.7 Å². The Kier molecular flexibility index (Phi) is 20.1. The second kappa shape index (κ2) is 25.6. The van der Waals surface area contributed by atoms with Gasteiger partial charge < -0.3 is 49.8 Å². The van der Waals surface area contributed by atoms with Crippen LogP contribution < -0.4 is 20.0 Å². The van der Waals surface area contributed by atoms with E-state index >= 15 is 0 Å². The van der Waals surface area contributed by atoms with E-state index in [9.17, 15) is 61.5 Å². The van der Waals surface area contributed by atoms with Gasteiger partial charge in [0.2, 0.25) is 0 Å². The Bertz CT molecular complexity index is 3020. The van der Waals surface area contributed by atoms with E-state index in [2.05, 4.69) is 73.6 Å². The Morgan fingerprint density at radius 3 is 1.50 bits per heavy atom. The quantitative estimate of drug-likeness (QED) is 0.114. The van der Waals surface area contributed by atoms with Crippen LogP contribution in [0.3, 0.4) is 0 Å². The van der Waals surface area contributed by atoms with Crippen LogP contribution in [0.2, 0.25) is 0 Å². The van der Waals surface area contributed by atoms with Crippen LogP contribution in [0.15, 0.2) is 122 Å². The van der Waals surface area contributed by atoms with E-state index in [1.165, 1.54) is 60.7 Å². The smallest absolute Gasteiger partial charge is 0.573 e. The monoisotopic (exact) mass is 1450 g/mol. The Labute approximate surface area is 458 Å². The van der Waals surface area contributed by atoms with Crippen molar-refractivity contribution in [1.29, 1.82) is 0 Å². The van der Waals surface area contributed by atoms with Crippen LogP contribution in [-0.2, 0) is 64.9 Å². The molecule has 0 saturated heterocycles. The van der Waals surface area contributed by atoms with Crippen LogP contribution in [0, 0.1) is 43.3 Å². The molecule has 78 heavy (non-hydrogen) atoms. The zero-order chi connectivity index (χ0) is 55.0. The molecule has 0 N–H and O–H groups in total. The van der Waals surface area contributed by atoms with Crippen LogP contribution in [0.1, 0.15) is 22.9 Å². The number of hydrogen-bond donors (Lipinski definition) is 0. The van der Waals surface area contributed by atoms with Crippen molar-refractivity contribution >= 4 is 11.4 Å². The molecular formula is C47H28F14Ir2N15-4. The van der Waals surface area contributed by atoms with Crippen LogP contribution in [0.4, 0.5) is 72.8 Å². The Balaban J connectivity index is 0.000000198. The number of aromatic nitrogens is 11. The fourth-order valence-electron chi connectivity index (χ4n) is 5.90. The summed E-state index contributed by atoms with van der Waals surface area (Å²) in [6, 6.07) is 23.7. The average molecular weight is 1450 g/mol. The molecule has 8 aromatic rings. The second-order valence-corrected chi connectivity index (χ2v) is 15.2. The topological polar surface area (TPSA) is 157 Å². The van der Waals surface area contributed by atoms with E-state index in [0.717, 1.165) is 23.6 Å². The first-order valence-corrected chi connectivity index (χ1v) is 20.9. The van der Waals surface area contributed by atoms with E-state index < -0.39 is 47.6 Å². The molecule has 31 heteroatoms. The summed E-state index contributed by atoms with van der Waals surface area (Å²) in [6.07, 6.45) is -6.87. The van der Waals surface area contributed by atoms with Gasteiger partial charge in [-0.25, -0.2) is 15.0 Å². The number of benzene rings is 2. The van der Waals surface area contributed by atoms with Gasteiger partial charge in [0, 0.05) is 49.8 Å². The van der Waals surface area contributed by atoms with Crippen molar-refractivity contribution in [3.8, 4) is 45.7 Å². The average Bonchev–Trinajstić information content (AvgIpc) is 4.24. The number of anilines is 2. The third-order valence-electron chi connectivity index (χ3n) is 9.47. The molecule has 2 aliphatic heterocycles. The van der Waals surface area contributed by atoms with E-state index in [0.29, 0.717) is 12.4 Å². The molecule has 10 rings (SSSR count). The first-order valence-electron chi connectivity index (χ1n) is 20.9. The molecule has 0 bridgehead atoms. The predicted molar refractivity (Wildman–Crippen MR) is 238 cm³/mol. The van der Waals surface area contributed by atoms with Gasteiger partial charge in [-0.3, -0.25) is 18.9 Å². The molecule has 0 saturated carbocycles. The molecule has 0 aliphatic carbocycles. The Morgan fingerprint density at radius 2 is 1.06 bits per heavy atom. The van der Waals surface area contributed by atoms with Gasteiger partial charge in [-0.1, -0.05) is 35.7 Å². The molecule has 0 amide bonds. The molecule has 15 nitrogen and oxygen atoms in total. The molecule has 2 aliphatic rings. The molecule has 0 spiro atoms. The standard InChI is InChI=1S/C14H5F6N5.C13H5F6N6.2C10H9FN2.2Ir/c15-13(16,17)11-4-10(24-25-11)9-3-1-2-8(23-9)7-5-21-12(22-6-7)14(18,19)20;14-12(15,16)6-4-20-9(21-5-6)7-2-1-3-8(22-7)10-23-11(25-24-10)13(17,18)19;2*1-12-6-7-13(8-12)10-4-2-9(11)3-5-10;;/h2*1-5H;2*2-4,6-8H,1H3;;/q-2;-1;2*-2;;+3. The fourth-order valence-corrected chi connectivity index (χ4v) is 5.90. The van der Waals surface area contributed by atoms with Crippen molar-refractivity contribution in [3.05, 3.63) is 188 Å². The normalized spacial score (nSPS) is 13.1. The second-order valence-electron chi connectivity index (χ2n) is 15.2. The molecular weight excluding hydrogens is 1430 g/mol. The summed E-state index contributed by atoms with van der Waals surface area (Å²) in [7, 11) is 3.86. The van der Waals surface area contributed by atoms with Crippen molar-refractivity contribution in [2.24, 2.45) is 0 Å². The predicted octanol–water partition coefficient (Wildman–Crippen LogP) is 10.3. The van der Waals surface area contributed by atoms with Crippen molar-refractivity contribution in [3.63, 3.8) is 0 Å². The molecule has 411 valence electrons. The van der Waals surface area contributed by atoms with E-state index in [-0.39, 0.29) is 97.5 Å². The van der Waals surface area contributed by atoms with Gasteiger partial charge in [0.05, 0.1) is 11.3 Å². The summed E-state index contributed by atoms with van der Waals surface area (Å²) >= 11 is 0. The first kappa shape index (κ1) is 61.1. The third kappa shape index (κ3) is 16.6. The van der Waals surface area contributed by atoms with Gasteiger partial charge in [-0.05, 0) is 80.9 Å². The molecule has 8 heterocycles. The van der Waals surface area contributed by atoms with Crippen LogP contribution in [-0.4, -0.2) is 69.0 Å². The molecule has 2 aromatic carbocycles. The van der Waals surface area contributed by atoms with Crippen molar-refractivity contribution < 1.29 is 102 Å². The van der Waals surface area contributed by atoms with E-state index in [1.807, 2.05) is 71.8 Å². The largest absolute Gasteiger partial charge is 3.00 e. The maximum Gasteiger partial charge on any atom is 3.00 e. The fraction of sp³-hybridized carbons (Fsp3) is 0.128. The van der Waals surface area contributed by atoms with Gasteiger partial charge in [-0.2, -0.15) is 78.2 Å². The zero-order valence-electron chi connectivity index (χ0n) is 38.9. The van der Waals surface area contributed by atoms with Gasteiger partial charge in [-0.15, -0.1) is 47.8 Å². The van der Waals surface area contributed by atoms with E-state index in [4.69, 9.17) is 0 Å². The van der Waals surface area contributed by atoms with Crippen LogP contribution >= 0.6 is 0 Å². The molecule has 1 radical (unpaired) electrons. The summed E-state index contributed by atoms with van der Waals surface area (Å²) in [4.78, 5) is 32.2. The number of nitrogens with zero attached hydrogens (tertiary/aromatic N) is 15. The number of halogens is 14. The number of rotatable bonds is 6. The van der Waals surface area contributed by atoms with Gasteiger partial charge in [0.25, 0.3) is 0 Å². The summed E-state index contributed by atoms with van der Waals surface area (Å²) < 4.78 is 175. The minimum Gasteiger partial charge on any atom is -0.573 e. The van der Waals surface area contributed by atoms with Crippen molar-refractivity contribution in [1.82, 2.24) is 65.1 Å². The van der Waals surface area contributed by atoms with E-state index in [1.54, 1.807) is 12.1 Å². The van der Waals surface area contributed by atoms with Gasteiger partial charge in [0.1, 0.15) is 23.0 Å². The third-order valence-corrected chi connectivity index (χ3v) is 9.47. The minimum atomic E-state index is -4.75. The Hall–Kier alpha value is -7.75. The van der Waals surface area contributed by atoms with Crippen molar-refractivity contribution in [2.45, 2.75) is 24.7 Å². The minimum absolute atomic E-state index is 0. The molecule has 0 atom stereocenters. The molecule has 0 fully saturated rings. The molecule has 0 unspecified atom stereocenters. The van der Waals surface area contributed by atoms with Gasteiger partial charge >= 0.3 is 44.8 Å². The van der Waals surface area contributed by atoms with Crippen molar-refractivity contribution in [2.75, 3.05) is 23.9 Å². The number of alkyl halides is 12. The summed E-state index contributed by atoms with van der Waals surface area (Å²) in [6.45, 7) is 3.79. The summed E-state index contributed by atoms with van der Waals surface area (Å²) in [5.74, 6) is -3.81. The maximum absolute atomic E-state index is 12.6. The number of hydrogen-bond acceptors (Lipinski definition) is 13. The summed E-state index contributed by atoms with van der Waals surface area (Å²) in [5.41, 5.74) is -0.425. The first-order chi connectivity index (χ1) is 35.8. The molecule has 6 aromatic heterocycles. The SMILES string of the molecule is CN1C=CN(c2[c-]cc(F)cc2)[CH-]1.CN1C=CN(c2[c-]cc(F)cc2)[CH-]1.FC(F)(F)c1cc(-c2cccc(-c3[c-]nc(C(F)(F)F)nc3)n2)[n-]n1.FC(F)(F)c1cnc(-c2cccc(-c3nc(C(F)(F)F)n[n-]3)n2)nc1.[Ir+3].[Ir]. The Morgan fingerprint density at radius 1 is 0.538 bits per heavy atom. The summed E-state index contributed by atoms with van der Waals surface area (Å²) in [5, 5.41) is 12.7. The number of pyridine rings is 2. The van der Waals surface area contributed by atoms with Crippen LogP contribution in [0.5, 0.6) is 0 Å². The zero-order valence-corrected chi connectivity index (χ0v) is 43.7.